The third-order valence-corrected chi connectivity index (χ3v) is 3.64. The van der Waals surface area contributed by atoms with Crippen LogP contribution in [0.3, 0.4) is 0 Å². The standard InChI is InChI=1S/C19H16N2O2/c1-14-7-9-16(10-8-14)18(23)19-20-11-12-21(19)13-17(22)15-5-3-2-4-6-15/h2-12H,13H2,1H3. The molecule has 0 amide bonds. The van der Waals surface area contributed by atoms with E-state index in [1.165, 1.54) is 0 Å². The normalized spacial score (nSPS) is 10.5. The van der Waals surface area contributed by atoms with Gasteiger partial charge >= 0.3 is 0 Å². The predicted octanol–water partition coefficient (Wildman–Crippen LogP) is 3.31. The van der Waals surface area contributed by atoms with Crippen LogP contribution in [0.15, 0.2) is 67.0 Å². The summed E-state index contributed by atoms with van der Waals surface area (Å²) in [5, 5.41) is 0. The number of rotatable bonds is 5. The summed E-state index contributed by atoms with van der Waals surface area (Å²) in [4.78, 5) is 29.0. The first kappa shape index (κ1) is 14.9. The van der Waals surface area contributed by atoms with Crippen molar-refractivity contribution in [3.63, 3.8) is 0 Å². The highest BCUT2D eigenvalue weighted by atomic mass is 16.1. The Morgan fingerprint density at radius 1 is 0.957 bits per heavy atom. The van der Waals surface area contributed by atoms with Gasteiger partial charge in [-0.1, -0.05) is 60.2 Å². The van der Waals surface area contributed by atoms with Crippen molar-refractivity contribution in [3.05, 3.63) is 89.5 Å². The van der Waals surface area contributed by atoms with Gasteiger partial charge in [0.1, 0.15) is 0 Å². The van der Waals surface area contributed by atoms with Gasteiger partial charge in [-0.2, -0.15) is 0 Å². The van der Waals surface area contributed by atoms with Crippen molar-refractivity contribution >= 4 is 11.6 Å². The lowest BCUT2D eigenvalue weighted by molar-refractivity contribution is 0.0967. The van der Waals surface area contributed by atoms with Gasteiger partial charge in [0.05, 0.1) is 6.54 Å². The molecule has 3 aromatic rings. The maximum Gasteiger partial charge on any atom is 0.228 e. The van der Waals surface area contributed by atoms with E-state index >= 15 is 0 Å². The molecule has 1 aromatic heterocycles. The van der Waals surface area contributed by atoms with Crippen molar-refractivity contribution in [2.75, 3.05) is 0 Å². The number of Topliss-reactive ketones (excluding diaryl/α,β-unsaturated/α-hetero) is 1. The van der Waals surface area contributed by atoms with Gasteiger partial charge in [0.2, 0.25) is 5.78 Å². The van der Waals surface area contributed by atoms with Crippen LogP contribution in [-0.2, 0) is 6.54 Å². The fourth-order valence-electron chi connectivity index (χ4n) is 2.35. The zero-order valence-electron chi connectivity index (χ0n) is 12.8. The Kier molecular flexibility index (Phi) is 4.15. The van der Waals surface area contributed by atoms with E-state index in [4.69, 9.17) is 0 Å². The van der Waals surface area contributed by atoms with Crippen LogP contribution in [0.25, 0.3) is 0 Å². The fourth-order valence-corrected chi connectivity index (χ4v) is 2.35. The monoisotopic (exact) mass is 304 g/mol. The van der Waals surface area contributed by atoms with Gasteiger partial charge < -0.3 is 4.57 Å². The summed E-state index contributed by atoms with van der Waals surface area (Å²) in [6, 6.07) is 16.3. The van der Waals surface area contributed by atoms with Crippen molar-refractivity contribution in [3.8, 4) is 0 Å². The molecule has 0 unspecified atom stereocenters. The summed E-state index contributed by atoms with van der Waals surface area (Å²) in [6.45, 7) is 2.06. The molecule has 0 atom stereocenters. The van der Waals surface area contributed by atoms with E-state index in [9.17, 15) is 9.59 Å². The smallest absolute Gasteiger partial charge is 0.228 e. The van der Waals surface area contributed by atoms with Crippen LogP contribution in [-0.4, -0.2) is 21.1 Å². The molecule has 0 N–H and O–H groups in total. The molecule has 0 bridgehead atoms. The van der Waals surface area contributed by atoms with E-state index in [1.54, 1.807) is 41.2 Å². The maximum absolute atomic E-state index is 12.6. The SMILES string of the molecule is Cc1ccc(C(=O)c2nccn2CC(=O)c2ccccc2)cc1. The minimum absolute atomic E-state index is 0.0541. The number of hydrogen-bond donors (Lipinski definition) is 0. The average molecular weight is 304 g/mol. The molecule has 0 radical (unpaired) electrons. The van der Waals surface area contributed by atoms with E-state index in [0.717, 1.165) is 5.56 Å². The molecule has 114 valence electrons. The highest BCUT2D eigenvalue weighted by Gasteiger charge is 2.17. The summed E-state index contributed by atoms with van der Waals surface area (Å²) >= 11 is 0. The molecule has 0 spiro atoms. The first-order valence-electron chi connectivity index (χ1n) is 7.36. The van der Waals surface area contributed by atoms with Gasteiger partial charge in [0.15, 0.2) is 11.6 Å². The van der Waals surface area contributed by atoms with Crippen LogP contribution >= 0.6 is 0 Å². The van der Waals surface area contributed by atoms with E-state index in [-0.39, 0.29) is 23.9 Å². The van der Waals surface area contributed by atoms with Crippen LogP contribution in [0.1, 0.15) is 32.1 Å². The molecular formula is C19H16N2O2. The molecule has 0 aliphatic rings. The third-order valence-electron chi connectivity index (χ3n) is 3.64. The Labute approximate surface area is 134 Å². The Morgan fingerprint density at radius 3 is 2.35 bits per heavy atom. The summed E-state index contributed by atoms with van der Waals surface area (Å²) in [7, 11) is 0. The van der Waals surface area contributed by atoms with E-state index < -0.39 is 0 Å². The Hall–Kier alpha value is -3.01. The van der Waals surface area contributed by atoms with Crippen molar-refractivity contribution < 1.29 is 9.59 Å². The van der Waals surface area contributed by atoms with Crippen molar-refractivity contribution in [1.29, 1.82) is 0 Å². The summed E-state index contributed by atoms with van der Waals surface area (Å²) in [5.74, 6) is 0.0375. The van der Waals surface area contributed by atoms with E-state index in [1.807, 2.05) is 37.3 Å². The maximum atomic E-state index is 12.6. The van der Waals surface area contributed by atoms with Gasteiger partial charge in [0.25, 0.3) is 0 Å². The van der Waals surface area contributed by atoms with Gasteiger partial charge in [-0.3, -0.25) is 9.59 Å². The molecule has 0 fully saturated rings. The third kappa shape index (κ3) is 3.26. The molecular weight excluding hydrogens is 288 g/mol. The number of carbonyl (C=O) groups is 2. The van der Waals surface area contributed by atoms with E-state index in [2.05, 4.69) is 4.98 Å². The molecule has 2 aromatic carbocycles. The number of aryl methyl sites for hydroxylation is 1. The number of hydrogen-bond acceptors (Lipinski definition) is 3. The fraction of sp³-hybridized carbons (Fsp3) is 0.105. The molecule has 4 heteroatoms. The Morgan fingerprint density at radius 2 is 1.65 bits per heavy atom. The van der Waals surface area contributed by atoms with Gasteiger partial charge in [-0.15, -0.1) is 0 Å². The molecule has 0 aliphatic heterocycles. The molecule has 4 nitrogen and oxygen atoms in total. The largest absolute Gasteiger partial charge is 0.320 e. The van der Waals surface area contributed by atoms with Gasteiger partial charge in [-0.25, -0.2) is 4.98 Å². The Balaban J connectivity index is 1.83. The zero-order chi connectivity index (χ0) is 16.2. The summed E-state index contributed by atoms with van der Waals surface area (Å²) in [6.07, 6.45) is 3.20. The minimum atomic E-state index is -0.184. The lowest BCUT2D eigenvalue weighted by Crippen LogP contribution is -2.16. The number of aromatic nitrogens is 2. The van der Waals surface area contributed by atoms with Crippen LogP contribution < -0.4 is 0 Å². The van der Waals surface area contributed by atoms with Gasteiger partial charge in [-0.05, 0) is 6.92 Å². The second kappa shape index (κ2) is 6.40. The summed E-state index contributed by atoms with van der Waals surface area (Å²) < 4.78 is 1.59. The quantitative estimate of drug-likeness (QED) is 0.680. The van der Waals surface area contributed by atoms with E-state index in [0.29, 0.717) is 11.1 Å². The van der Waals surface area contributed by atoms with Crippen molar-refractivity contribution in [1.82, 2.24) is 9.55 Å². The van der Waals surface area contributed by atoms with Crippen LogP contribution in [0.4, 0.5) is 0 Å². The van der Waals surface area contributed by atoms with Crippen molar-refractivity contribution in [2.45, 2.75) is 13.5 Å². The van der Waals surface area contributed by atoms with Gasteiger partial charge in [0, 0.05) is 23.5 Å². The first-order valence-corrected chi connectivity index (χ1v) is 7.36. The molecule has 0 aliphatic carbocycles. The second-order valence-electron chi connectivity index (χ2n) is 5.36. The van der Waals surface area contributed by atoms with Crippen LogP contribution in [0.5, 0.6) is 0 Å². The molecule has 23 heavy (non-hydrogen) atoms. The Bertz CT molecular complexity index is 833. The number of carbonyl (C=O) groups excluding carboxylic acids is 2. The number of ketones is 2. The second-order valence-corrected chi connectivity index (χ2v) is 5.36. The number of imidazole rings is 1. The highest BCUT2D eigenvalue weighted by molar-refractivity contribution is 6.07. The molecule has 1 heterocycles. The number of nitrogens with zero attached hydrogens (tertiary/aromatic N) is 2. The lowest BCUT2D eigenvalue weighted by atomic mass is 10.1. The highest BCUT2D eigenvalue weighted by Crippen LogP contribution is 2.11. The topological polar surface area (TPSA) is 52.0 Å². The molecule has 0 saturated carbocycles. The predicted molar refractivity (Wildman–Crippen MR) is 87.6 cm³/mol. The summed E-state index contributed by atoms with van der Waals surface area (Å²) in [5.41, 5.74) is 2.27. The first-order chi connectivity index (χ1) is 11.1. The lowest BCUT2D eigenvalue weighted by Gasteiger charge is -2.07. The molecule has 3 rings (SSSR count). The van der Waals surface area contributed by atoms with Crippen LogP contribution in [0, 0.1) is 6.92 Å². The number of benzene rings is 2. The molecule has 0 saturated heterocycles. The average Bonchev–Trinajstić information content (AvgIpc) is 3.04. The zero-order valence-corrected chi connectivity index (χ0v) is 12.8. The van der Waals surface area contributed by atoms with Crippen LogP contribution in [0.2, 0.25) is 0 Å². The van der Waals surface area contributed by atoms with Crippen molar-refractivity contribution in [2.24, 2.45) is 0 Å². The minimum Gasteiger partial charge on any atom is -0.320 e.